The smallest absolute Gasteiger partial charge is 1.00 e. The van der Waals surface area contributed by atoms with Gasteiger partial charge in [0.05, 0.1) is 14.3 Å². The summed E-state index contributed by atoms with van der Waals surface area (Å²) in [6, 6.07) is 9.56. The van der Waals surface area contributed by atoms with Crippen molar-refractivity contribution in [2.75, 3.05) is 0 Å². The number of rotatable bonds is 2. The molecule has 7 rings (SSSR count). The van der Waals surface area contributed by atoms with Gasteiger partial charge in [-0.25, -0.2) is 0 Å². The molecule has 3 aromatic rings. The Morgan fingerprint density at radius 3 is 1.77 bits per heavy atom. The van der Waals surface area contributed by atoms with Crippen LogP contribution in [0.3, 0.4) is 0 Å². The standard InChI is InChI=1S/C20H12F9.C10H12OSi.2ClH.Zr/c1-11-9-13-3-2-4-15(16(13)10-11)12-5-7-14(8-6-12)17(18(21,22)23,19(24,25)26)20(27,28)29;1-6-9-7-4-5-11-8(7)10(6)12(9,2)3;;;/h2-10H,1H3;4-5,9H,1-3H3;2*1H;/q;;;;+2/p-2. The minimum atomic E-state index is -6.63. The van der Waals surface area contributed by atoms with Gasteiger partial charge in [-0.3, -0.25) is 0 Å². The Morgan fingerprint density at radius 2 is 1.30 bits per heavy atom. The summed E-state index contributed by atoms with van der Waals surface area (Å²) in [5.41, 5.74) is -0.528. The van der Waals surface area contributed by atoms with Crippen LogP contribution in [-0.2, 0) is 30.1 Å². The first-order valence-corrected chi connectivity index (χ1v) is 17.4. The SMILES string of the molecule is CC1=C2c3occc3C1[Si]2(C)C.CC1=Cc2c(-c3ccc(C(C(F)(F)F)(C(F)(F)F)C(F)(F)F)cc3)cccc2[CH]1[Zr+2].[Cl-].[Cl-]. The van der Waals surface area contributed by atoms with Crippen LogP contribution in [0, 0.1) is 0 Å². The molecule has 2 unspecified atom stereocenters. The Bertz CT molecular complexity index is 1580. The molecule has 0 amide bonds. The summed E-state index contributed by atoms with van der Waals surface area (Å²) >= 11 is 1.21. The van der Waals surface area contributed by atoms with Crippen molar-refractivity contribution < 1.29 is 93.5 Å². The number of alkyl halides is 9. The third-order valence-electron chi connectivity index (χ3n) is 8.61. The van der Waals surface area contributed by atoms with Crippen molar-refractivity contribution in [3.63, 3.8) is 0 Å². The summed E-state index contributed by atoms with van der Waals surface area (Å²) in [6.07, 6.45) is -16.2. The number of hydrogen-bond acceptors (Lipinski definition) is 1. The molecule has 0 spiro atoms. The number of furan rings is 1. The number of fused-ring (bicyclic) bond motifs is 1. The van der Waals surface area contributed by atoms with E-state index in [4.69, 9.17) is 4.42 Å². The minimum absolute atomic E-state index is 0. The van der Waals surface area contributed by atoms with E-state index >= 15 is 0 Å². The molecule has 2 aliphatic heterocycles. The van der Waals surface area contributed by atoms with E-state index in [-0.39, 0.29) is 46.1 Å². The maximum atomic E-state index is 13.3. The number of allylic oxidation sites excluding steroid dienone is 2. The monoisotopic (exact) mass is 759 g/mol. The molecule has 44 heavy (non-hydrogen) atoms. The largest absolute Gasteiger partial charge is 1.00 e. The zero-order chi connectivity index (χ0) is 31.2. The van der Waals surface area contributed by atoms with Crippen molar-refractivity contribution in [3.8, 4) is 11.1 Å². The Kier molecular flexibility index (Phi) is 9.85. The predicted octanol–water partition coefficient (Wildman–Crippen LogP) is 4.24. The fourth-order valence-electron chi connectivity index (χ4n) is 6.78. The van der Waals surface area contributed by atoms with Crippen LogP contribution in [0.25, 0.3) is 22.4 Å². The van der Waals surface area contributed by atoms with Crippen LogP contribution in [0.2, 0.25) is 13.1 Å². The third-order valence-corrected chi connectivity index (χ3v) is 14.6. The molecule has 0 saturated carbocycles. The van der Waals surface area contributed by atoms with Gasteiger partial charge in [-0.2, -0.15) is 0 Å². The van der Waals surface area contributed by atoms with Crippen LogP contribution >= 0.6 is 0 Å². The second kappa shape index (κ2) is 11.8. The molecule has 235 valence electrons. The molecule has 3 heterocycles. The molecule has 1 nitrogen and oxygen atoms in total. The Balaban J connectivity index is 0.000000313. The first kappa shape index (κ1) is 36.7. The second-order valence-electron chi connectivity index (χ2n) is 11.4. The van der Waals surface area contributed by atoms with Crippen molar-refractivity contribution in [1.82, 2.24) is 0 Å². The minimum Gasteiger partial charge on any atom is -1.00 e. The van der Waals surface area contributed by atoms with Crippen LogP contribution in [0.4, 0.5) is 39.5 Å². The van der Waals surface area contributed by atoms with Crippen molar-refractivity contribution in [2.24, 2.45) is 0 Å². The van der Waals surface area contributed by atoms with Gasteiger partial charge in [-0.1, -0.05) is 18.7 Å². The zero-order valence-corrected chi connectivity index (χ0v) is 28.5. The summed E-state index contributed by atoms with van der Waals surface area (Å²) < 4.78 is 125. The molecule has 2 atom stereocenters. The fraction of sp³-hybridized carbons (Fsp3) is 0.333. The van der Waals surface area contributed by atoms with Gasteiger partial charge >= 0.3 is 181 Å². The fourth-order valence-corrected chi connectivity index (χ4v) is 11.8. The molecule has 2 aliphatic carbocycles. The molecule has 0 saturated heterocycles. The summed E-state index contributed by atoms with van der Waals surface area (Å²) in [7, 11) is -1.08. The van der Waals surface area contributed by atoms with E-state index in [9.17, 15) is 39.5 Å². The summed E-state index contributed by atoms with van der Waals surface area (Å²) in [5.74, 6) is 1.22. The van der Waals surface area contributed by atoms with Gasteiger partial charge in [0.2, 0.25) is 0 Å². The van der Waals surface area contributed by atoms with Crippen molar-refractivity contribution in [2.45, 2.75) is 60.1 Å². The van der Waals surface area contributed by atoms with Crippen molar-refractivity contribution >= 4 is 19.3 Å². The molecule has 2 aromatic carbocycles. The Hall–Kier alpha value is -1.75. The predicted molar refractivity (Wildman–Crippen MR) is 140 cm³/mol. The van der Waals surface area contributed by atoms with E-state index in [0.717, 1.165) is 34.4 Å². The van der Waals surface area contributed by atoms with E-state index < -0.39 is 37.6 Å². The van der Waals surface area contributed by atoms with Gasteiger partial charge < -0.3 is 29.2 Å². The molecular weight excluding hydrogens is 738 g/mol. The van der Waals surface area contributed by atoms with Crippen LogP contribution in [0.15, 0.2) is 70.4 Å². The van der Waals surface area contributed by atoms with Gasteiger partial charge in [-0.05, 0) is 18.2 Å². The average molecular weight is 762 g/mol. The first-order valence-electron chi connectivity index (χ1n) is 12.9. The number of benzene rings is 2. The maximum absolute atomic E-state index is 13.3. The summed E-state index contributed by atoms with van der Waals surface area (Å²) in [5, 5.41) is 1.59. The van der Waals surface area contributed by atoms with Crippen LogP contribution in [-0.4, -0.2) is 26.6 Å². The maximum Gasteiger partial charge on any atom is -1.00 e. The zero-order valence-electron chi connectivity index (χ0n) is 23.5. The molecule has 0 radical (unpaired) electrons. The van der Waals surface area contributed by atoms with Gasteiger partial charge in [0, 0.05) is 11.1 Å². The van der Waals surface area contributed by atoms with E-state index in [0.29, 0.717) is 5.56 Å². The Morgan fingerprint density at radius 1 is 0.750 bits per heavy atom. The second-order valence-corrected chi connectivity index (χ2v) is 17.3. The topological polar surface area (TPSA) is 13.1 Å². The molecule has 14 heteroatoms. The van der Waals surface area contributed by atoms with Crippen molar-refractivity contribution in [3.05, 3.63) is 94.0 Å². The molecule has 4 aliphatic rings. The van der Waals surface area contributed by atoms with Gasteiger partial charge in [0.15, 0.2) is 0 Å². The van der Waals surface area contributed by atoms with E-state index in [1.165, 1.54) is 36.0 Å². The summed E-state index contributed by atoms with van der Waals surface area (Å²) in [4.78, 5) is 0. The molecule has 1 aromatic heterocycles. The van der Waals surface area contributed by atoms with Crippen LogP contribution < -0.4 is 24.8 Å². The summed E-state index contributed by atoms with van der Waals surface area (Å²) in [6.45, 7) is 9.04. The molecular formula is C30H24Cl2F9OSiZr. The Labute approximate surface area is 276 Å². The molecule has 0 fully saturated rings. The van der Waals surface area contributed by atoms with Gasteiger partial charge in [-0.15, -0.1) is 0 Å². The molecule has 0 N–H and O–H groups in total. The average Bonchev–Trinajstić information content (AvgIpc) is 3.54. The van der Waals surface area contributed by atoms with Crippen LogP contribution in [0.5, 0.6) is 0 Å². The normalized spacial score (nSPS) is 19.9. The van der Waals surface area contributed by atoms with Gasteiger partial charge in [0.1, 0.15) is 5.76 Å². The van der Waals surface area contributed by atoms with E-state index in [1.54, 1.807) is 22.9 Å². The number of halogens is 11. The van der Waals surface area contributed by atoms with Gasteiger partial charge in [0.25, 0.3) is 0 Å². The van der Waals surface area contributed by atoms with E-state index in [1.807, 2.05) is 25.3 Å². The quantitative estimate of drug-likeness (QED) is 0.282. The first-order chi connectivity index (χ1) is 19.3. The third kappa shape index (κ3) is 5.20. The molecule has 2 bridgehead atoms. The van der Waals surface area contributed by atoms with Crippen molar-refractivity contribution in [1.29, 1.82) is 0 Å². The number of hydrogen-bond donors (Lipinski definition) is 0. The van der Waals surface area contributed by atoms with Crippen LogP contribution in [0.1, 0.15) is 51.0 Å². The van der Waals surface area contributed by atoms with E-state index in [2.05, 4.69) is 26.1 Å².